The Hall–Kier alpha value is -2.41. The minimum absolute atomic E-state index is 0.244. The van der Waals surface area contributed by atoms with Gasteiger partial charge in [-0.1, -0.05) is 0 Å². The fraction of sp³-hybridized carbons (Fsp3) is 0.182. The lowest BCUT2D eigenvalue weighted by Crippen LogP contribution is -2.26. The van der Waals surface area contributed by atoms with E-state index in [1.807, 2.05) is 6.07 Å². The van der Waals surface area contributed by atoms with Crippen molar-refractivity contribution in [1.29, 1.82) is 0 Å². The van der Waals surface area contributed by atoms with Crippen molar-refractivity contribution in [3.05, 3.63) is 42.0 Å². The van der Waals surface area contributed by atoms with E-state index in [1.165, 1.54) is 0 Å². The highest BCUT2D eigenvalue weighted by molar-refractivity contribution is 5.92. The Bertz CT molecular complexity index is 495. The number of furan rings is 1. The number of nitrogen functional groups attached to an aromatic ring is 1. The number of hydrogen-bond acceptors (Lipinski definition) is 6. The van der Waals surface area contributed by atoms with Gasteiger partial charge in [-0.05, 0) is 24.3 Å². The molecule has 2 rings (SSSR count). The third-order valence-electron chi connectivity index (χ3n) is 2.28. The Morgan fingerprint density at radius 1 is 1.33 bits per heavy atom. The summed E-state index contributed by atoms with van der Waals surface area (Å²) in [4.78, 5) is 11.7. The number of nitrogens with one attached hydrogen (secondary N) is 2. The van der Waals surface area contributed by atoms with E-state index in [-0.39, 0.29) is 11.6 Å². The molecular formula is C11H13N5O2. The summed E-state index contributed by atoms with van der Waals surface area (Å²) in [6.07, 6.45) is 2.23. The standard InChI is InChI=1S/C11H13N5O2/c12-14-10-4-3-9(15-16-10)11(17)13-6-5-8-2-1-7-18-8/h1-4,7H,5-6,12H2,(H,13,17)(H,14,16). The lowest BCUT2D eigenvalue weighted by atomic mass is 10.3. The molecule has 0 unspecified atom stereocenters. The Labute approximate surface area is 103 Å². The fourth-order valence-corrected chi connectivity index (χ4v) is 1.37. The van der Waals surface area contributed by atoms with Crippen molar-refractivity contribution in [2.45, 2.75) is 6.42 Å². The third kappa shape index (κ3) is 3.05. The van der Waals surface area contributed by atoms with Crippen molar-refractivity contribution >= 4 is 11.7 Å². The molecule has 0 aliphatic carbocycles. The van der Waals surface area contributed by atoms with Crippen LogP contribution in [0.2, 0.25) is 0 Å². The number of hydrogen-bond donors (Lipinski definition) is 3. The van der Waals surface area contributed by atoms with Gasteiger partial charge in [-0.3, -0.25) is 4.79 Å². The van der Waals surface area contributed by atoms with Crippen LogP contribution < -0.4 is 16.6 Å². The molecular weight excluding hydrogens is 234 g/mol. The predicted molar refractivity (Wildman–Crippen MR) is 64.6 cm³/mol. The number of anilines is 1. The largest absolute Gasteiger partial charge is 0.469 e. The van der Waals surface area contributed by atoms with E-state index in [0.717, 1.165) is 5.76 Å². The van der Waals surface area contributed by atoms with Crippen LogP contribution in [0, 0.1) is 0 Å². The number of carbonyl (C=O) groups is 1. The molecule has 7 heteroatoms. The first-order valence-corrected chi connectivity index (χ1v) is 5.40. The summed E-state index contributed by atoms with van der Waals surface area (Å²) in [5.74, 6) is 6.09. The van der Waals surface area contributed by atoms with Gasteiger partial charge in [0.15, 0.2) is 11.5 Å². The van der Waals surface area contributed by atoms with Crippen LogP contribution >= 0.6 is 0 Å². The monoisotopic (exact) mass is 247 g/mol. The summed E-state index contributed by atoms with van der Waals surface area (Å²) in [6, 6.07) is 6.79. The normalized spacial score (nSPS) is 10.1. The van der Waals surface area contributed by atoms with E-state index < -0.39 is 0 Å². The quantitative estimate of drug-likeness (QED) is 0.519. The zero-order chi connectivity index (χ0) is 12.8. The molecule has 2 heterocycles. The lowest BCUT2D eigenvalue weighted by molar-refractivity contribution is 0.0948. The third-order valence-corrected chi connectivity index (χ3v) is 2.28. The maximum Gasteiger partial charge on any atom is 0.271 e. The first-order valence-electron chi connectivity index (χ1n) is 5.40. The van der Waals surface area contributed by atoms with E-state index in [9.17, 15) is 4.79 Å². The topological polar surface area (TPSA) is 106 Å². The van der Waals surface area contributed by atoms with Crippen molar-refractivity contribution in [3.8, 4) is 0 Å². The van der Waals surface area contributed by atoms with Gasteiger partial charge in [0.25, 0.3) is 5.91 Å². The van der Waals surface area contributed by atoms with Crippen molar-refractivity contribution < 1.29 is 9.21 Å². The number of amides is 1. The minimum Gasteiger partial charge on any atom is -0.469 e. The maximum atomic E-state index is 11.7. The highest BCUT2D eigenvalue weighted by atomic mass is 16.3. The number of hydrazine groups is 1. The van der Waals surface area contributed by atoms with Gasteiger partial charge in [0, 0.05) is 13.0 Å². The number of aromatic nitrogens is 2. The molecule has 0 radical (unpaired) electrons. The summed E-state index contributed by atoms with van der Waals surface area (Å²) in [5.41, 5.74) is 2.58. The van der Waals surface area contributed by atoms with Crippen LogP contribution in [0.3, 0.4) is 0 Å². The molecule has 0 bridgehead atoms. The molecule has 0 saturated heterocycles. The van der Waals surface area contributed by atoms with E-state index >= 15 is 0 Å². The molecule has 7 nitrogen and oxygen atoms in total. The van der Waals surface area contributed by atoms with Crippen LogP contribution in [0.1, 0.15) is 16.2 Å². The molecule has 0 aliphatic rings. The molecule has 2 aromatic rings. The summed E-state index contributed by atoms with van der Waals surface area (Å²) in [6.45, 7) is 0.477. The van der Waals surface area contributed by atoms with Gasteiger partial charge in [-0.25, -0.2) is 5.84 Å². The molecule has 0 fully saturated rings. The van der Waals surface area contributed by atoms with Crippen molar-refractivity contribution in [2.24, 2.45) is 5.84 Å². The minimum atomic E-state index is -0.280. The first-order chi connectivity index (χ1) is 8.79. The zero-order valence-corrected chi connectivity index (χ0v) is 9.59. The zero-order valence-electron chi connectivity index (χ0n) is 9.59. The number of rotatable bonds is 5. The first kappa shape index (κ1) is 12.1. The van der Waals surface area contributed by atoms with E-state index in [1.54, 1.807) is 24.5 Å². The molecule has 0 aliphatic heterocycles. The SMILES string of the molecule is NNc1ccc(C(=O)NCCc2ccco2)nn1. The van der Waals surface area contributed by atoms with Gasteiger partial charge >= 0.3 is 0 Å². The van der Waals surface area contributed by atoms with Crippen LogP contribution in [0.5, 0.6) is 0 Å². The van der Waals surface area contributed by atoms with Crippen molar-refractivity contribution in [1.82, 2.24) is 15.5 Å². The van der Waals surface area contributed by atoms with Gasteiger partial charge in [-0.2, -0.15) is 0 Å². The molecule has 94 valence electrons. The molecule has 4 N–H and O–H groups in total. The fourth-order valence-electron chi connectivity index (χ4n) is 1.37. The van der Waals surface area contributed by atoms with Gasteiger partial charge < -0.3 is 15.2 Å². The van der Waals surface area contributed by atoms with Crippen molar-refractivity contribution in [2.75, 3.05) is 12.0 Å². The van der Waals surface area contributed by atoms with Gasteiger partial charge in [0.1, 0.15) is 5.76 Å². The predicted octanol–water partition coefficient (Wildman–Crippen LogP) is 0.328. The maximum absolute atomic E-state index is 11.7. The van der Waals surface area contributed by atoms with E-state index in [4.69, 9.17) is 10.3 Å². The van der Waals surface area contributed by atoms with Crippen LogP contribution in [0.15, 0.2) is 34.9 Å². The molecule has 1 amide bonds. The average molecular weight is 247 g/mol. The summed E-state index contributed by atoms with van der Waals surface area (Å²) >= 11 is 0. The molecule has 0 aromatic carbocycles. The molecule has 0 saturated carbocycles. The van der Waals surface area contributed by atoms with Crippen LogP contribution in [-0.4, -0.2) is 22.6 Å². The second-order valence-corrected chi connectivity index (χ2v) is 3.53. The number of carbonyl (C=O) groups excluding carboxylic acids is 1. The number of nitrogens with two attached hydrogens (primary N) is 1. The van der Waals surface area contributed by atoms with Gasteiger partial charge in [0.2, 0.25) is 0 Å². The Morgan fingerprint density at radius 3 is 2.83 bits per heavy atom. The molecule has 0 atom stereocenters. The number of nitrogens with zero attached hydrogens (tertiary/aromatic N) is 2. The highest BCUT2D eigenvalue weighted by Gasteiger charge is 2.07. The Balaban J connectivity index is 1.83. The van der Waals surface area contributed by atoms with Crippen LogP contribution in [0.4, 0.5) is 5.82 Å². The average Bonchev–Trinajstić information content (AvgIpc) is 2.92. The van der Waals surface area contributed by atoms with E-state index in [0.29, 0.717) is 18.8 Å². The molecule has 0 spiro atoms. The smallest absolute Gasteiger partial charge is 0.271 e. The summed E-state index contributed by atoms with van der Waals surface area (Å²) < 4.78 is 5.15. The second kappa shape index (κ2) is 5.78. The second-order valence-electron chi connectivity index (χ2n) is 3.53. The Morgan fingerprint density at radius 2 is 2.22 bits per heavy atom. The lowest BCUT2D eigenvalue weighted by Gasteiger charge is -2.03. The van der Waals surface area contributed by atoms with Crippen LogP contribution in [0.25, 0.3) is 0 Å². The van der Waals surface area contributed by atoms with E-state index in [2.05, 4.69) is 20.9 Å². The van der Waals surface area contributed by atoms with Gasteiger partial charge in [0.05, 0.1) is 6.26 Å². The molecule has 2 aromatic heterocycles. The van der Waals surface area contributed by atoms with Crippen LogP contribution in [-0.2, 0) is 6.42 Å². The summed E-state index contributed by atoms with van der Waals surface area (Å²) in [5, 5.41) is 10.2. The van der Waals surface area contributed by atoms with Gasteiger partial charge in [-0.15, -0.1) is 10.2 Å². The van der Waals surface area contributed by atoms with Crippen molar-refractivity contribution in [3.63, 3.8) is 0 Å². The highest BCUT2D eigenvalue weighted by Crippen LogP contribution is 2.01. The Kier molecular flexibility index (Phi) is 3.87. The summed E-state index contributed by atoms with van der Waals surface area (Å²) in [7, 11) is 0. The molecule has 18 heavy (non-hydrogen) atoms.